The largest absolute Gasteiger partial charge is 0.310 e. The van der Waals surface area contributed by atoms with Crippen LogP contribution in [0.2, 0.25) is 0 Å². The van der Waals surface area contributed by atoms with E-state index >= 15 is 0 Å². The topological polar surface area (TPSA) is 53.0 Å². The van der Waals surface area contributed by atoms with E-state index in [-0.39, 0.29) is 11.8 Å². The summed E-state index contributed by atoms with van der Waals surface area (Å²) in [5, 5.41) is 10.4. The molecule has 17 heavy (non-hydrogen) atoms. The Kier molecular flexibility index (Phi) is 5.04. The molecule has 0 saturated carbocycles. The molecule has 0 aliphatic heterocycles. The van der Waals surface area contributed by atoms with Crippen molar-refractivity contribution in [3.8, 4) is 0 Å². The highest BCUT2D eigenvalue weighted by Crippen LogP contribution is 2.08. The third kappa shape index (κ3) is 4.49. The van der Waals surface area contributed by atoms with Gasteiger partial charge in [-0.3, -0.25) is 4.79 Å². The Labute approximate surface area is 103 Å². The summed E-state index contributed by atoms with van der Waals surface area (Å²) in [6, 6.07) is 8.02. The molecule has 0 bridgehead atoms. The standard InChI is InChI=1S/C14H20N2O/c1-10(15)8-12-4-6-13(7-5-12)9-14(16-3)11(2)17/h4-7,14-16H,8-9H2,1-3H3/t14-/m0/s1. The molecule has 0 aromatic heterocycles. The summed E-state index contributed by atoms with van der Waals surface area (Å²) in [4.78, 5) is 11.3. The average Bonchev–Trinajstić information content (AvgIpc) is 2.26. The van der Waals surface area contributed by atoms with Crippen molar-refractivity contribution < 1.29 is 4.79 Å². The molecule has 1 rings (SSSR count). The summed E-state index contributed by atoms with van der Waals surface area (Å²) in [5.74, 6) is 0.159. The van der Waals surface area contributed by atoms with Crippen molar-refractivity contribution in [1.29, 1.82) is 5.41 Å². The minimum Gasteiger partial charge on any atom is -0.310 e. The molecular weight excluding hydrogens is 212 g/mol. The molecule has 1 aromatic carbocycles. The average molecular weight is 232 g/mol. The minimum absolute atomic E-state index is 0.106. The molecule has 3 nitrogen and oxygen atoms in total. The molecule has 1 atom stereocenters. The lowest BCUT2D eigenvalue weighted by Gasteiger charge is -2.12. The van der Waals surface area contributed by atoms with Crippen molar-refractivity contribution in [2.24, 2.45) is 0 Å². The molecule has 1 aromatic rings. The molecular formula is C14H20N2O. The number of hydrogen-bond acceptors (Lipinski definition) is 3. The van der Waals surface area contributed by atoms with Crippen LogP contribution in [-0.4, -0.2) is 24.6 Å². The number of benzene rings is 1. The first-order valence-corrected chi connectivity index (χ1v) is 5.82. The molecule has 0 spiro atoms. The summed E-state index contributed by atoms with van der Waals surface area (Å²) in [5.41, 5.74) is 2.95. The van der Waals surface area contributed by atoms with Crippen LogP contribution in [0.3, 0.4) is 0 Å². The summed E-state index contributed by atoms with van der Waals surface area (Å²) >= 11 is 0. The van der Waals surface area contributed by atoms with Gasteiger partial charge in [0.25, 0.3) is 0 Å². The van der Waals surface area contributed by atoms with Crippen LogP contribution in [0.1, 0.15) is 25.0 Å². The van der Waals surface area contributed by atoms with Gasteiger partial charge in [0.05, 0.1) is 6.04 Å². The fourth-order valence-corrected chi connectivity index (χ4v) is 1.78. The highest BCUT2D eigenvalue weighted by Gasteiger charge is 2.11. The van der Waals surface area contributed by atoms with Gasteiger partial charge in [-0.2, -0.15) is 0 Å². The van der Waals surface area contributed by atoms with Gasteiger partial charge in [0, 0.05) is 12.1 Å². The highest BCUT2D eigenvalue weighted by molar-refractivity contribution is 5.82. The number of ketones is 1. The van der Waals surface area contributed by atoms with Crippen LogP contribution in [0.4, 0.5) is 0 Å². The Bertz CT molecular complexity index is 395. The van der Waals surface area contributed by atoms with Gasteiger partial charge in [-0.15, -0.1) is 0 Å². The van der Waals surface area contributed by atoms with E-state index in [0.717, 1.165) is 17.5 Å². The van der Waals surface area contributed by atoms with Crippen molar-refractivity contribution in [3.63, 3.8) is 0 Å². The lowest BCUT2D eigenvalue weighted by Crippen LogP contribution is -2.34. The van der Waals surface area contributed by atoms with E-state index in [9.17, 15) is 4.79 Å². The van der Waals surface area contributed by atoms with E-state index in [1.165, 1.54) is 0 Å². The zero-order valence-corrected chi connectivity index (χ0v) is 10.7. The van der Waals surface area contributed by atoms with Crippen LogP contribution >= 0.6 is 0 Å². The molecule has 0 aliphatic rings. The highest BCUT2D eigenvalue weighted by atomic mass is 16.1. The van der Waals surface area contributed by atoms with Crippen LogP contribution in [0.15, 0.2) is 24.3 Å². The number of Topliss-reactive ketones (excluding diaryl/α,β-unsaturated/α-hetero) is 1. The molecule has 0 fully saturated rings. The second-order valence-electron chi connectivity index (χ2n) is 4.43. The maximum absolute atomic E-state index is 11.3. The Hall–Kier alpha value is -1.48. The number of likely N-dealkylation sites (N-methyl/N-ethyl adjacent to an activating group) is 1. The fourth-order valence-electron chi connectivity index (χ4n) is 1.78. The van der Waals surface area contributed by atoms with E-state index in [1.807, 2.05) is 24.3 Å². The predicted octanol–water partition coefficient (Wildman–Crippen LogP) is 1.99. The Balaban J connectivity index is 2.67. The van der Waals surface area contributed by atoms with Crippen LogP contribution in [-0.2, 0) is 17.6 Å². The maximum Gasteiger partial charge on any atom is 0.147 e. The van der Waals surface area contributed by atoms with E-state index in [4.69, 9.17) is 5.41 Å². The molecule has 2 N–H and O–H groups in total. The number of nitrogens with one attached hydrogen (secondary N) is 2. The molecule has 0 aliphatic carbocycles. The summed E-state index contributed by atoms with van der Waals surface area (Å²) in [6.45, 7) is 3.41. The monoisotopic (exact) mass is 232 g/mol. The molecule has 3 heteroatoms. The number of rotatable bonds is 6. The lowest BCUT2D eigenvalue weighted by atomic mass is 10.0. The van der Waals surface area contributed by atoms with Gasteiger partial charge in [-0.1, -0.05) is 24.3 Å². The van der Waals surface area contributed by atoms with Crippen LogP contribution < -0.4 is 5.32 Å². The van der Waals surface area contributed by atoms with E-state index < -0.39 is 0 Å². The second kappa shape index (κ2) is 6.30. The SMILES string of the molecule is CN[C@@H](Cc1ccc(CC(C)=N)cc1)C(C)=O. The van der Waals surface area contributed by atoms with Crippen LogP contribution in [0.25, 0.3) is 0 Å². The first-order chi connectivity index (χ1) is 8.02. The van der Waals surface area contributed by atoms with Crippen LogP contribution in [0, 0.1) is 5.41 Å². The van der Waals surface area contributed by atoms with Gasteiger partial charge in [0.15, 0.2) is 0 Å². The second-order valence-corrected chi connectivity index (χ2v) is 4.43. The zero-order chi connectivity index (χ0) is 12.8. The smallest absolute Gasteiger partial charge is 0.147 e. The Morgan fingerprint density at radius 3 is 2.18 bits per heavy atom. The molecule has 0 radical (unpaired) electrons. The zero-order valence-electron chi connectivity index (χ0n) is 10.7. The summed E-state index contributed by atoms with van der Waals surface area (Å²) < 4.78 is 0. The predicted molar refractivity (Wildman–Crippen MR) is 70.8 cm³/mol. The van der Waals surface area contributed by atoms with E-state index in [2.05, 4.69) is 5.32 Å². The van der Waals surface area contributed by atoms with E-state index in [1.54, 1.807) is 20.9 Å². The normalized spacial score (nSPS) is 12.2. The molecule has 0 amide bonds. The summed E-state index contributed by atoms with van der Waals surface area (Å²) in [7, 11) is 1.80. The lowest BCUT2D eigenvalue weighted by molar-refractivity contribution is -0.118. The van der Waals surface area contributed by atoms with E-state index in [0.29, 0.717) is 12.1 Å². The van der Waals surface area contributed by atoms with Crippen molar-refractivity contribution in [3.05, 3.63) is 35.4 Å². The molecule has 92 valence electrons. The maximum atomic E-state index is 11.3. The molecule has 0 saturated heterocycles. The fraction of sp³-hybridized carbons (Fsp3) is 0.429. The first kappa shape index (κ1) is 13.6. The molecule has 0 heterocycles. The third-order valence-electron chi connectivity index (χ3n) is 2.77. The number of carbonyl (C=O) groups is 1. The van der Waals surface area contributed by atoms with Crippen molar-refractivity contribution in [1.82, 2.24) is 5.32 Å². The third-order valence-corrected chi connectivity index (χ3v) is 2.77. The number of hydrogen-bond donors (Lipinski definition) is 2. The first-order valence-electron chi connectivity index (χ1n) is 5.82. The van der Waals surface area contributed by atoms with Crippen molar-refractivity contribution >= 4 is 11.5 Å². The summed E-state index contributed by atoms with van der Waals surface area (Å²) in [6.07, 6.45) is 1.41. The van der Waals surface area contributed by atoms with Gasteiger partial charge in [-0.05, 0) is 38.4 Å². The quantitative estimate of drug-likeness (QED) is 0.737. The molecule has 0 unspecified atom stereocenters. The Morgan fingerprint density at radius 1 is 1.24 bits per heavy atom. The van der Waals surface area contributed by atoms with Gasteiger partial charge in [0.1, 0.15) is 5.78 Å². The van der Waals surface area contributed by atoms with Crippen molar-refractivity contribution in [2.75, 3.05) is 7.05 Å². The van der Waals surface area contributed by atoms with Gasteiger partial charge < -0.3 is 10.7 Å². The van der Waals surface area contributed by atoms with Gasteiger partial charge >= 0.3 is 0 Å². The minimum atomic E-state index is -0.106. The Morgan fingerprint density at radius 2 is 1.76 bits per heavy atom. The number of carbonyl (C=O) groups excluding carboxylic acids is 1. The van der Waals surface area contributed by atoms with Gasteiger partial charge in [-0.25, -0.2) is 0 Å². The van der Waals surface area contributed by atoms with Gasteiger partial charge in [0.2, 0.25) is 0 Å². The van der Waals surface area contributed by atoms with Crippen molar-refractivity contribution in [2.45, 2.75) is 32.7 Å². The van der Waals surface area contributed by atoms with Crippen LogP contribution in [0.5, 0.6) is 0 Å².